The molecule has 3 aromatic rings. The van der Waals surface area contributed by atoms with Crippen LogP contribution in [0.5, 0.6) is 0 Å². The molecule has 1 N–H and O–H groups in total. The quantitative estimate of drug-likeness (QED) is 0.667. The minimum absolute atomic E-state index is 0.0881. The lowest BCUT2D eigenvalue weighted by Gasteiger charge is -2.23. The van der Waals surface area contributed by atoms with Crippen molar-refractivity contribution in [3.63, 3.8) is 0 Å². The zero-order valence-electron chi connectivity index (χ0n) is 16.3. The van der Waals surface area contributed by atoms with Crippen LogP contribution in [-0.4, -0.2) is 40.0 Å². The van der Waals surface area contributed by atoms with E-state index in [-0.39, 0.29) is 11.6 Å². The van der Waals surface area contributed by atoms with Crippen LogP contribution < -0.4 is 10.2 Å². The van der Waals surface area contributed by atoms with Crippen molar-refractivity contribution in [3.8, 4) is 12.3 Å². The average molecular weight is 401 g/mol. The van der Waals surface area contributed by atoms with E-state index in [4.69, 9.17) is 10.9 Å². The minimum atomic E-state index is -0.933. The van der Waals surface area contributed by atoms with Crippen LogP contribution in [0.3, 0.4) is 0 Å². The van der Waals surface area contributed by atoms with Crippen molar-refractivity contribution in [2.75, 3.05) is 11.9 Å². The van der Waals surface area contributed by atoms with Gasteiger partial charge in [-0.2, -0.15) is 0 Å². The fraction of sp³-hybridized carbons (Fsp3) is 0.227. The molecular formula is C22H19N5O3. The van der Waals surface area contributed by atoms with Crippen LogP contribution >= 0.6 is 0 Å². The number of benzene rings is 1. The zero-order valence-corrected chi connectivity index (χ0v) is 16.3. The first-order chi connectivity index (χ1) is 14.6. The highest BCUT2D eigenvalue weighted by atomic mass is 16.5. The summed E-state index contributed by atoms with van der Waals surface area (Å²) in [5.41, 5.74) is 1.73. The number of aromatic nitrogens is 3. The summed E-state index contributed by atoms with van der Waals surface area (Å²) in [4.78, 5) is 35.7. The van der Waals surface area contributed by atoms with Gasteiger partial charge in [0.25, 0.3) is 11.8 Å². The molecular weight excluding hydrogens is 382 g/mol. The van der Waals surface area contributed by atoms with Crippen molar-refractivity contribution < 1.29 is 14.1 Å². The molecule has 0 fully saturated rings. The number of rotatable bonds is 4. The van der Waals surface area contributed by atoms with E-state index in [0.717, 1.165) is 5.56 Å². The summed E-state index contributed by atoms with van der Waals surface area (Å²) in [6, 6.07) is 10.3. The van der Waals surface area contributed by atoms with Gasteiger partial charge in [0.15, 0.2) is 11.5 Å². The molecule has 8 nitrogen and oxygen atoms in total. The smallest absolute Gasteiger partial charge is 0.274 e. The number of terminal acetylenes is 1. The molecule has 0 spiro atoms. The standard InChI is InChI=1S/C22H19N5O3/c1-3-15-12-17-20(24-10-9-23-17)27(2)22(29)19(15)25-21(28)18-13-16(30-26-18)11-14-7-5-4-6-8-14/h1,4-10,13,15,19H,11-12H2,2H3,(H,25,28)/t15-,19-/m1/s1. The monoisotopic (exact) mass is 401 g/mol. The summed E-state index contributed by atoms with van der Waals surface area (Å²) in [6.07, 6.45) is 9.56. The van der Waals surface area contributed by atoms with Crippen LogP contribution in [0.25, 0.3) is 0 Å². The van der Waals surface area contributed by atoms with Gasteiger partial charge in [-0.05, 0) is 5.56 Å². The van der Waals surface area contributed by atoms with E-state index in [9.17, 15) is 9.59 Å². The minimum Gasteiger partial charge on any atom is -0.360 e. The van der Waals surface area contributed by atoms with Gasteiger partial charge >= 0.3 is 0 Å². The Morgan fingerprint density at radius 1 is 1.30 bits per heavy atom. The van der Waals surface area contributed by atoms with Gasteiger partial charge in [0.05, 0.1) is 11.6 Å². The molecule has 2 amide bonds. The molecule has 8 heteroatoms. The average Bonchev–Trinajstić information content (AvgIpc) is 3.21. The molecule has 3 heterocycles. The van der Waals surface area contributed by atoms with Crippen LogP contribution in [0, 0.1) is 18.3 Å². The number of fused-ring (bicyclic) bond motifs is 1. The Balaban J connectivity index is 1.52. The molecule has 0 saturated heterocycles. The van der Waals surface area contributed by atoms with E-state index >= 15 is 0 Å². The topological polar surface area (TPSA) is 101 Å². The summed E-state index contributed by atoms with van der Waals surface area (Å²) in [5.74, 6) is 2.12. The largest absolute Gasteiger partial charge is 0.360 e. The van der Waals surface area contributed by atoms with E-state index in [2.05, 4.69) is 26.4 Å². The summed E-state index contributed by atoms with van der Waals surface area (Å²) in [6.45, 7) is 0. The lowest BCUT2D eigenvalue weighted by Crippen LogP contribution is -2.50. The second-order valence-corrected chi connectivity index (χ2v) is 6.99. The maximum atomic E-state index is 13.0. The third-order valence-corrected chi connectivity index (χ3v) is 5.00. The van der Waals surface area contributed by atoms with Gasteiger partial charge in [-0.3, -0.25) is 19.5 Å². The first-order valence-corrected chi connectivity index (χ1v) is 9.40. The molecule has 30 heavy (non-hydrogen) atoms. The van der Waals surface area contributed by atoms with Gasteiger partial charge in [-0.15, -0.1) is 12.3 Å². The number of carbonyl (C=O) groups excluding carboxylic acids is 2. The Hall–Kier alpha value is -3.99. The van der Waals surface area contributed by atoms with Crippen molar-refractivity contribution in [3.05, 3.63) is 71.5 Å². The second-order valence-electron chi connectivity index (χ2n) is 6.99. The molecule has 1 aliphatic rings. The van der Waals surface area contributed by atoms with Gasteiger partial charge in [0.2, 0.25) is 0 Å². The number of likely N-dealkylation sites (N-methyl/N-ethyl adjacent to an activating group) is 1. The highest BCUT2D eigenvalue weighted by Gasteiger charge is 2.37. The first kappa shape index (κ1) is 19.3. The molecule has 0 aliphatic carbocycles. The van der Waals surface area contributed by atoms with E-state index < -0.39 is 17.9 Å². The molecule has 2 atom stereocenters. The van der Waals surface area contributed by atoms with Gasteiger partial charge in [0.1, 0.15) is 11.8 Å². The molecule has 0 bridgehead atoms. The molecule has 0 unspecified atom stereocenters. The fourth-order valence-electron chi connectivity index (χ4n) is 3.43. The molecule has 4 rings (SSSR count). The number of amides is 2. The number of anilines is 1. The lowest BCUT2D eigenvalue weighted by molar-refractivity contribution is -0.120. The normalized spacial score (nSPS) is 18.3. The third-order valence-electron chi connectivity index (χ3n) is 5.00. The molecule has 0 radical (unpaired) electrons. The van der Waals surface area contributed by atoms with Gasteiger partial charge < -0.3 is 9.84 Å². The predicted octanol–water partition coefficient (Wildman–Crippen LogP) is 1.62. The summed E-state index contributed by atoms with van der Waals surface area (Å²) in [5, 5.41) is 6.57. The van der Waals surface area contributed by atoms with Gasteiger partial charge in [-0.1, -0.05) is 35.5 Å². The SMILES string of the molecule is C#C[C@@H]1Cc2nccnc2N(C)C(=O)[C@@H]1NC(=O)c1cc(Cc2ccccc2)on1. The number of carbonyl (C=O) groups is 2. The highest BCUT2D eigenvalue weighted by molar-refractivity contribution is 6.02. The van der Waals surface area contributed by atoms with Crippen molar-refractivity contribution in [2.45, 2.75) is 18.9 Å². The van der Waals surface area contributed by atoms with Gasteiger partial charge in [-0.25, -0.2) is 4.98 Å². The zero-order chi connectivity index (χ0) is 21.1. The summed E-state index contributed by atoms with van der Waals surface area (Å²) in [7, 11) is 1.59. The fourth-order valence-corrected chi connectivity index (χ4v) is 3.43. The molecule has 150 valence electrons. The lowest BCUT2D eigenvalue weighted by atomic mass is 9.95. The van der Waals surface area contributed by atoms with E-state index in [1.165, 1.54) is 11.1 Å². The number of nitrogens with zero attached hydrogens (tertiary/aromatic N) is 4. The Bertz CT molecular complexity index is 1120. The molecule has 2 aromatic heterocycles. The predicted molar refractivity (Wildman–Crippen MR) is 108 cm³/mol. The summed E-state index contributed by atoms with van der Waals surface area (Å²) >= 11 is 0. The van der Waals surface area contributed by atoms with Crippen LogP contribution in [-0.2, 0) is 17.6 Å². The second kappa shape index (κ2) is 8.17. The maximum Gasteiger partial charge on any atom is 0.274 e. The van der Waals surface area contributed by atoms with Crippen LogP contribution in [0.1, 0.15) is 27.5 Å². The van der Waals surface area contributed by atoms with Crippen LogP contribution in [0.15, 0.2) is 53.3 Å². The van der Waals surface area contributed by atoms with Gasteiger partial charge in [0, 0.05) is 38.3 Å². The van der Waals surface area contributed by atoms with Crippen LogP contribution in [0.4, 0.5) is 5.82 Å². The first-order valence-electron chi connectivity index (χ1n) is 9.40. The van der Waals surface area contributed by atoms with Crippen molar-refractivity contribution >= 4 is 17.6 Å². The number of hydrogen-bond donors (Lipinski definition) is 1. The molecule has 1 aromatic carbocycles. The molecule has 1 aliphatic heterocycles. The van der Waals surface area contributed by atoms with Crippen molar-refractivity contribution in [1.29, 1.82) is 0 Å². The van der Waals surface area contributed by atoms with Crippen molar-refractivity contribution in [2.24, 2.45) is 5.92 Å². The molecule has 0 saturated carbocycles. The third kappa shape index (κ3) is 3.78. The Morgan fingerprint density at radius 2 is 2.07 bits per heavy atom. The number of nitrogens with one attached hydrogen (secondary N) is 1. The van der Waals surface area contributed by atoms with Crippen LogP contribution in [0.2, 0.25) is 0 Å². The Morgan fingerprint density at radius 3 is 2.83 bits per heavy atom. The number of hydrogen-bond acceptors (Lipinski definition) is 6. The highest BCUT2D eigenvalue weighted by Crippen LogP contribution is 2.25. The van der Waals surface area contributed by atoms with Crippen molar-refractivity contribution in [1.82, 2.24) is 20.4 Å². The Labute approximate surface area is 173 Å². The summed E-state index contributed by atoms with van der Waals surface area (Å²) < 4.78 is 5.29. The van der Waals surface area contributed by atoms with E-state index in [1.807, 2.05) is 30.3 Å². The van der Waals surface area contributed by atoms with E-state index in [0.29, 0.717) is 30.1 Å². The van der Waals surface area contributed by atoms with E-state index in [1.54, 1.807) is 19.3 Å². The maximum absolute atomic E-state index is 13.0. The Kier molecular flexibility index (Phi) is 5.26.